The number of nitrogens with zero attached hydrogens (tertiary/aromatic N) is 2. The molecular weight excluding hydrogens is 308 g/mol. The van der Waals surface area contributed by atoms with Crippen LogP contribution in [0, 0.1) is 6.92 Å². The first-order valence-electron chi connectivity index (χ1n) is 6.48. The van der Waals surface area contributed by atoms with Gasteiger partial charge in [0.05, 0.1) is 23.6 Å². The molecule has 0 saturated carbocycles. The molecule has 0 aliphatic carbocycles. The number of aromatic nitrogens is 2. The summed E-state index contributed by atoms with van der Waals surface area (Å²) in [6.07, 6.45) is 1.52. The third kappa shape index (κ3) is 4.44. The zero-order valence-electron chi connectivity index (χ0n) is 11.8. The van der Waals surface area contributed by atoms with E-state index in [1.807, 2.05) is 24.3 Å². The first-order chi connectivity index (χ1) is 10.1. The summed E-state index contributed by atoms with van der Waals surface area (Å²) in [5.74, 6) is 0.902. The van der Waals surface area contributed by atoms with Crippen LogP contribution in [0.2, 0.25) is 5.02 Å². The summed E-state index contributed by atoms with van der Waals surface area (Å²) in [5.41, 5.74) is 1.04. The van der Waals surface area contributed by atoms with E-state index in [-0.39, 0.29) is 5.97 Å². The topological polar surface area (TPSA) is 52.1 Å². The number of ether oxygens (including phenoxy) is 1. The fraction of sp³-hybridized carbons (Fsp3) is 0.267. The normalized spacial score (nSPS) is 10.4. The van der Waals surface area contributed by atoms with Crippen LogP contribution in [0.25, 0.3) is 0 Å². The van der Waals surface area contributed by atoms with Crippen molar-refractivity contribution in [1.29, 1.82) is 0 Å². The van der Waals surface area contributed by atoms with Gasteiger partial charge in [0, 0.05) is 16.1 Å². The van der Waals surface area contributed by atoms with Gasteiger partial charge in [-0.3, -0.25) is 0 Å². The standard InChI is InChI=1S/C15H15ClN2O2S/c1-3-20-15(19)13-8-17-14(18-10(13)2)9-21-12-6-4-5-11(16)7-12/h4-8H,3,9H2,1-2H3. The summed E-state index contributed by atoms with van der Waals surface area (Å²) in [4.78, 5) is 21.3. The summed E-state index contributed by atoms with van der Waals surface area (Å²) in [5, 5.41) is 0.703. The van der Waals surface area contributed by atoms with E-state index in [9.17, 15) is 4.79 Å². The highest BCUT2D eigenvalue weighted by Crippen LogP contribution is 2.24. The van der Waals surface area contributed by atoms with Gasteiger partial charge < -0.3 is 4.74 Å². The molecule has 0 fully saturated rings. The molecule has 0 radical (unpaired) electrons. The molecule has 1 heterocycles. The van der Waals surface area contributed by atoms with Crippen LogP contribution in [0.5, 0.6) is 0 Å². The molecule has 21 heavy (non-hydrogen) atoms. The lowest BCUT2D eigenvalue weighted by Gasteiger charge is -2.06. The van der Waals surface area contributed by atoms with Crippen LogP contribution in [0.15, 0.2) is 35.4 Å². The zero-order valence-corrected chi connectivity index (χ0v) is 13.4. The molecule has 1 aromatic carbocycles. The van der Waals surface area contributed by atoms with Gasteiger partial charge in [-0.05, 0) is 32.0 Å². The Hall–Kier alpha value is -1.59. The predicted octanol–water partition coefficient (Wildman–Crippen LogP) is 3.91. The average molecular weight is 323 g/mol. The minimum Gasteiger partial charge on any atom is -0.462 e. The van der Waals surface area contributed by atoms with Crippen molar-refractivity contribution in [3.8, 4) is 0 Å². The molecule has 0 aliphatic heterocycles. The number of benzene rings is 1. The number of hydrogen-bond acceptors (Lipinski definition) is 5. The molecule has 2 aromatic rings. The molecule has 0 atom stereocenters. The highest BCUT2D eigenvalue weighted by Gasteiger charge is 2.12. The number of carbonyl (C=O) groups excluding carboxylic acids is 1. The Kier molecular flexibility index (Phi) is 5.59. The van der Waals surface area contributed by atoms with Gasteiger partial charge >= 0.3 is 5.97 Å². The van der Waals surface area contributed by atoms with Gasteiger partial charge in [0.15, 0.2) is 0 Å². The molecule has 110 valence electrons. The molecule has 2 rings (SSSR count). The zero-order chi connectivity index (χ0) is 15.2. The minimum absolute atomic E-state index is 0.338. The fourth-order valence-corrected chi connectivity index (χ4v) is 2.77. The van der Waals surface area contributed by atoms with Crippen LogP contribution in [0.3, 0.4) is 0 Å². The van der Waals surface area contributed by atoms with Crippen LogP contribution in [0.4, 0.5) is 0 Å². The summed E-state index contributed by atoms with van der Waals surface area (Å²) in [6, 6.07) is 7.61. The van der Waals surface area contributed by atoms with Gasteiger partial charge in [-0.15, -0.1) is 11.8 Å². The quantitative estimate of drug-likeness (QED) is 0.617. The molecule has 0 bridgehead atoms. The average Bonchev–Trinajstić information content (AvgIpc) is 2.45. The molecule has 0 N–H and O–H groups in total. The molecule has 0 saturated heterocycles. The minimum atomic E-state index is -0.385. The monoisotopic (exact) mass is 322 g/mol. The van der Waals surface area contributed by atoms with Crippen LogP contribution in [-0.2, 0) is 10.5 Å². The molecule has 4 nitrogen and oxygen atoms in total. The molecule has 0 spiro atoms. The van der Waals surface area contributed by atoms with Crippen molar-refractivity contribution in [2.75, 3.05) is 6.61 Å². The molecule has 0 amide bonds. The first-order valence-corrected chi connectivity index (χ1v) is 7.84. The van der Waals surface area contributed by atoms with E-state index in [1.165, 1.54) is 6.20 Å². The third-order valence-corrected chi connectivity index (χ3v) is 3.91. The highest BCUT2D eigenvalue weighted by molar-refractivity contribution is 7.98. The maximum absolute atomic E-state index is 11.7. The van der Waals surface area contributed by atoms with Crippen molar-refractivity contribution in [2.24, 2.45) is 0 Å². The number of rotatable bonds is 5. The number of halogens is 1. The number of thioether (sulfide) groups is 1. The first kappa shape index (κ1) is 15.8. The Balaban J connectivity index is 2.05. The summed E-state index contributed by atoms with van der Waals surface area (Å²) in [6.45, 7) is 3.89. The second-order valence-electron chi connectivity index (χ2n) is 4.25. The van der Waals surface area contributed by atoms with Crippen LogP contribution < -0.4 is 0 Å². The van der Waals surface area contributed by atoms with E-state index in [0.29, 0.717) is 34.5 Å². The summed E-state index contributed by atoms with van der Waals surface area (Å²) < 4.78 is 4.95. The SMILES string of the molecule is CCOC(=O)c1cnc(CSc2cccc(Cl)c2)nc1C. The van der Waals surface area contributed by atoms with Gasteiger partial charge in [0.1, 0.15) is 5.82 Å². The smallest absolute Gasteiger partial charge is 0.341 e. The maximum atomic E-state index is 11.7. The molecule has 0 unspecified atom stereocenters. The Morgan fingerprint density at radius 2 is 2.24 bits per heavy atom. The van der Waals surface area contributed by atoms with E-state index in [4.69, 9.17) is 16.3 Å². The maximum Gasteiger partial charge on any atom is 0.341 e. The highest BCUT2D eigenvalue weighted by atomic mass is 35.5. The van der Waals surface area contributed by atoms with Gasteiger partial charge in [-0.2, -0.15) is 0 Å². The summed E-state index contributed by atoms with van der Waals surface area (Å²) in [7, 11) is 0. The van der Waals surface area contributed by atoms with Crippen molar-refractivity contribution in [3.63, 3.8) is 0 Å². The van der Waals surface area contributed by atoms with E-state index < -0.39 is 0 Å². The summed E-state index contributed by atoms with van der Waals surface area (Å²) >= 11 is 7.54. The lowest BCUT2D eigenvalue weighted by atomic mass is 10.2. The number of carbonyl (C=O) groups is 1. The lowest BCUT2D eigenvalue weighted by molar-refractivity contribution is 0.0524. The van der Waals surface area contributed by atoms with Gasteiger partial charge in [-0.25, -0.2) is 14.8 Å². The van der Waals surface area contributed by atoms with Crippen LogP contribution in [-0.4, -0.2) is 22.5 Å². The van der Waals surface area contributed by atoms with Crippen LogP contribution >= 0.6 is 23.4 Å². The number of esters is 1. The molecule has 1 aromatic heterocycles. The Morgan fingerprint density at radius 3 is 2.90 bits per heavy atom. The van der Waals surface area contributed by atoms with Gasteiger partial charge in [0.25, 0.3) is 0 Å². The van der Waals surface area contributed by atoms with Crippen molar-refractivity contribution in [1.82, 2.24) is 9.97 Å². The molecule has 0 aliphatic rings. The van der Waals surface area contributed by atoms with Crippen molar-refractivity contribution in [3.05, 3.63) is 52.6 Å². The van der Waals surface area contributed by atoms with E-state index in [1.54, 1.807) is 25.6 Å². The number of hydrogen-bond donors (Lipinski definition) is 0. The van der Waals surface area contributed by atoms with Crippen molar-refractivity contribution in [2.45, 2.75) is 24.5 Å². The largest absolute Gasteiger partial charge is 0.462 e. The van der Waals surface area contributed by atoms with E-state index in [0.717, 1.165) is 4.90 Å². The molecular formula is C15H15ClN2O2S. The Morgan fingerprint density at radius 1 is 1.43 bits per heavy atom. The van der Waals surface area contributed by atoms with Gasteiger partial charge in [0.2, 0.25) is 0 Å². The third-order valence-electron chi connectivity index (χ3n) is 2.69. The van der Waals surface area contributed by atoms with Gasteiger partial charge in [-0.1, -0.05) is 17.7 Å². The number of aryl methyl sites for hydroxylation is 1. The Labute approximate surface area is 132 Å². The fourth-order valence-electron chi connectivity index (χ4n) is 1.70. The lowest BCUT2D eigenvalue weighted by Crippen LogP contribution is -2.10. The predicted molar refractivity (Wildman–Crippen MR) is 83.7 cm³/mol. The Bertz CT molecular complexity index is 649. The van der Waals surface area contributed by atoms with Crippen LogP contribution in [0.1, 0.15) is 28.8 Å². The second kappa shape index (κ2) is 7.43. The second-order valence-corrected chi connectivity index (χ2v) is 5.74. The van der Waals surface area contributed by atoms with Crippen molar-refractivity contribution >= 4 is 29.3 Å². The van der Waals surface area contributed by atoms with Crippen molar-refractivity contribution < 1.29 is 9.53 Å². The van der Waals surface area contributed by atoms with E-state index >= 15 is 0 Å². The molecule has 6 heteroatoms. The van der Waals surface area contributed by atoms with E-state index in [2.05, 4.69) is 9.97 Å².